The number of hydrogen-bond donors (Lipinski definition) is 0. The van der Waals surface area contributed by atoms with Crippen LogP contribution in [0.3, 0.4) is 0 Å². The fourth-order valence-corrected chi connectivity index (χ4v) is 4.41. The fourth-order valence-electron chi connectivity index (χ4n) is 4.28. The Hall–Kier alpha value is -1.77. The summed E-state index contributed by atoms with van der Waals surface area (Å²) in [5, 5.41) is 2.26. The molecule has 2 heterocycles. The van der Waals surface area contributed by atoms with E-state index in [4.69, 9.17) is 11.6 Å². The number of benzene rings is 2. The van der Waals surface area contributed by atoms with Gasteiger partial charge in [0, 0.05) is 47.2 Å². The van der Waals surface area contributed by atoms with Gasteiger partial charge in [-0.25, -0.2) is 0 Å². The van der Waals surface area contributed by atoms with E-state index in [1.807, 2.05) is 12.1 Å². The highest BCUT2D eigenvalue weighted by atomic mass is 35.5. The van der Waals surface area contributed by atoms with Gasteiger partial charge in [0.25, 0.3) is 0 Å². The number of fused-ring (bicyclic) bond motifs is 3. The number of likely N-dealkylation sites (N-methyl/N-ethyl adjacent to an activating group) is 1. The van der Waals surface area contributed by atoms with Gasteiger partial charge in [0.2, 0.25) is 0 Å². The van der Waals surface area contributed by atoms with Crippen LogP contribution in [0.5, 0.6) is 0 Å². The normalized spacial score (nSPS) is 17.6. The highest BCUT2D eigenvalue weighted by Crippen LogP contribution is 2.37. The average Bonchev–Trinajstić information content (AvgIpc) is 2.97. The molecular formula is C23H27ClN2. The molecule has 0 saturated heterocycles. The summed E-state index contributed by atoms with van der Waals surface area (Å²) in [7, 11) is 2.24. The zero-order valence-corrected chi connectivity index (χ0v) is 16.7. The minimum absolute atomic E-state index is 0.477. The molecule has 3 heteroatoms. The lowest BCUT2D eigenvalue weighted by atomic mass is 9.96. The highest BCUT2D eigenvalue weighted by Gasteiger charge is 2.27. The van der Waals surface area contributed by atoms with Crippen LogP contribution in [-0.2, 0) is 25.8 Å². The van der Waals surface area contributed by atoms with Crippen LogP contribution >= 0.6 is 11.6 Å². The Labute approximate surface area is 161 Å². The maximum atomic E-state index is 6.03. The van der Waals surface area contributed by atoms with Crippen LogP contribution in [0.2, 0.25) is 5.02 Å². The molecule has 0 N–H and O–H groups in total. The molecule has 1 unspecified atom stereocenters. The van der Waals surface area contributed by atoms with Gasteiger partial charge in [0.05, 0.1) is 0 Å². The summed E-state index contributed by atoms with van der Waals surface area (Å²) < 4.78 is 2.57. The summed E-state index contributed by atoms with van der Waals surface area (Å²) in [4.78, 5) is 2.48. The van der Waals surface area contributed by atoms with Gasteiger partial charge < -0.3 is 4.57 Å². The second-order valence-electron chi connectivity index (χ2n) is 7.50. The lowest BCUT2D eigenvalue weighted by Crippen LogP contribution is -2.31. The Morgan fingerprint density at radius 1 is 1.08 bits per heavy atom. The smallest absolute Gasteiger partial charge is 0.0486 e. The van der Waals surface area contributed by atoms with Crippen molar-refractivity contribution in [2.45, 2.75) is 45.7 Å². The number of nitrogens with zero attached hydrogens (tertiary/aromatic N) is 2. The summed E-state index contributed by atoms with van der Waals surface area (Å²) in [6.45, 7) is 6.74. The molecule has 3 aromatic rings. The van der Waals surface area contributed by atoms with Crippen molar-refractivity contribution in [3.05, 3.63) is 69.9 Å². The second-order valence-corrected chi connectivity index (χ2v) is 7.94. The largest absolute Gasteiger partial charge is 0.344 e. The third kappa shape index (κ3) is 3.06. The molecule has 0 bridgehead atoms. The molecule has 1 aliphatic rings. The maximum Gasteiger partial charge on any atom is 0.0486 e. The van der Waals surface area contributed by atoms with Crippen LogP contribution in [-0.4, -0.2) is 23.1 Å². The van der Waals surface area contributed by atoms with Crippen LogP contribution in [0.25, 0.3) is 10.9 Å². The topological polar surface area (TPSA) is 8.17 Å². The van der Waals surface area contributed by atoms with Gasteiger partial charge in [-0.15, -0.1) is 0 Å². The SMILES string of the molecule is CCc1ccc2c(c1)c1c(n2CCc2ccc(Cl)cc2)CCN(C)C1C. The second kappa shape index (κ2) is 7.09. The minimum atomic E-state index is 0.477. The summed E-state index contributed by atoms with van der Waals surface area (Å²) >= 11 is 6.03. The quantitative estimate of drug-likeness (QED) is 0.579. The van der Waals surface area contributed by atoms with E-state index in [0.717, 1.165) is 37.4 Å². The van der Waals surface area contributed by atoms with Gasteiger partial charge in [-0.3, -0.25) is 4.90 Å². The standard InChI is InChI=1S/C23H27ClN2/c1-4-17-7-10-21-20(15-17)23-16(2)25(3)13-12-22(23)26(21)14-11-18-5-8-19(24)9-6-18/h5-10,15-16H,4,11-14H2,1-3H3. The highest BCUT2D eigenvalue weighted by molar-refractivity contribution is 6.30. The van der Waals surface area contributed by atoms with Crippen LogP contribution in [0.4, 0.5) is 0 Å². The van der Waals surface area contributed by atoms with Crippen LogP contribution in [0.1, 0.15) is 42.3 Å². The molecule has 0 aliphatic carbocycles. The van der Waals surface area contributed by atoms with E-state index in [1.54, 1.807) is 5.56 Å². The zero-order chi connectivity index (χ0) is 18.3. The summed E-state index contributed by atoms with van der Waals surface area (Å²) in [6, 6.07) is 15.8. The van der Waals surface area contributed by atoms with Crippen LogP contribution < -0.4 is 0 Å². The van der Waals surface area contributed by atoms with Gasteiger partial charge in [-0.2, -0.15) is 0 Å². The molecule has 2 aromatic carbocycles. The molecule has 1 aliphatic heterocycles. The third-order valence-corrected chi connectivity index (χ3v) is 6.26. The van der Waals surface area contributed by atoms with E-state index in [2.05, 4.69) is 60.7 Å². The van der Waals surface area contributed by atoms with Crippen LogP contribution in [0, 0.1) is 0 Å². The van der Waals surface area contributed by atoms with Crippen molar-refractivity contribution in [2.24, 2.45) is 0 Å². The lowest BCUT2D eigenvalue weighted by Gasteiger charge is -2.31. The van der Waals surface area contributed by atoms with Crippen molar-refractivity contribution < 1.29 is 0 Å². The predicted octanol–water partition coefficient (Wildman–Crippen LogP) is 5.65. The van der Waals surface area contributed by atoms with Crippen molar-refractivity contribution in [3.63, 3.8) is 0 Å². The molecule has 1 aromatic heterocycles. The first-order valence-corrected chi connectivity index (χ1v) is 10.0. The van der Waals surface area contributed by atoms with E-state index in [-0.39, 0.29) is 0 Å². The molecule has 0 spiro atoms. The fraction of sp³-hybridized carbons (Fsp3) is 0.391. The Morgan fingerprint density at radius 2 is 1.81 bits per heavy atom. The number of hydrogen-bond acceptors (Lipinski definition) is 1. The third-order valence-electron chi connectivity index (χ3n) is 6.00. The Bertz CT molecular complexity index is 924. The Balaban J connectivity index is 1.77. The first-order chi connectivity index (χ1) is 12.6. The zero-order valence-electron chi connectivity index (χ0n) is 15.9. The molecule has 136 valence electrons. The van der Waals surface area contributed by atoms with E-state index in [9.17, 15) is 0 Å². The van der Waals surface area contributed by atoms with Gasteiger partial charge in [0.15, 0.2) is 0 Å². The molecule has 0 saturated carbocycles. The van der Waals surface area contributed by atoms with Crippen molar-refractivity contribution >= 4 is 22.5 Å². The molecule has 0 amide bonds. The first-order valence-electron chi connectivity index (χ1n) is 9.67. The number of halogens is 1. The maximum absolute atomic E-state index is 6.03. The molecule has 0 fully saturated rings. The number of aromatic nitrogens is 1. The van der Waals surface area contributed by atoms with Crippen molar-refractivity contribution in [3.8, 4) is 0 Å². The van der Waals surface area contributed by atoms with Gasteiger partial charge in [-0.05, 0) is 67.8 Å². The Kier molecular flexibility index (Phi) is 4.81. The molecule has 2 nitrogen and oxygen atoms in total. The Morgan fingerprint density at radius 3 is 2.54 bits per heavy atom. The monoisotopic (exact) mass is 366 g/mol. The van der Waals surface area contributed by atoms with Gasteiger partial charge in [-0.1, -0.05) is 36.7 Å². The van der Waals surface area contributed by atoms with Crippen molar-refractivity contribution in [1.29, 1.82) is 0 Å². The molecular weight excluding hydrogens is 340 g/mol. The van der Waals surface area contributed by atoms with Crippen LogP contribution in [0.15, 0.2) is 42.5 Å². The first kappa shape index (κ1) is 17.6. The van der Waals surface area contributed by atoms with E-state index < -0.39 is 0 Å². The predicted molar refractivity (Wildman–Crippen MR) is 111 cm³/mol. The number of aryl methyl sites for hydroxylation is 3. The van der Waals surface area contributed by atoms with E-state index in [0.29, 0.717) is 6.04 Å². The summed E-state index contributed by atoms with van der Waals surface area (Å²) in [6.07, 6.45) is 3.25. The van der Waals surface area contributed by atoms with E-state index in [1.165, 1.54) is 27.7 Å². The summed E-state index contributed by atoms with van der Waals surface area (Å²) in [5.41, 5.74) is 7.24. The van der Waals surface area contributed by atoms with Crippen molar-refractivity contribution in [2.75, 3.05) is 13.6 Å². The lowest BCUT2D eigenvalue weighted by molar-refractivity contribution is 0.245. The van der Waals surface area contributed by atoms with Gasteiger partial charge in [0.1, 0.15) is 0 Å². The molecule has 0 radical (unpaired) electrons. The number of rotatable bonds is 4. The van der Waals surface area contributed by atoms with Crippen molar-refractivity contribution in [1.82, 2.24) is 9.47 Å². The summed E-state index contributed by atoms with van der Waals surface area (Å²) in [5.74, 6) is 0. The van der Waals surface area contributed by atoms with E-state index >= 15 is 0 Å². The molecule has 1 atom stereocenters. The minimum Gasteiger partial charge on any atom is -0.344 e. The molecule has 4 rings (SSSR count). The average molecular weight is 367 g/mol. The van der Waals surface area contributed by atoms with Gasteiger partial charge >= 0.3 is 0 Å². The molecule has 26 heavy (non-hydrogen) atoms.